The number of hydrogen-bond acceptors (Lipinski definition) is 0. The van der Waals surface area contributed by atoms with E-state index in [1.54, 1.807) is 0 Å². The quantitative estimate of drug-likeness (QED) is 0.704. The molecular weight excluding hydrogens is 224 g/mol. The number of alkyl halides is 1. The molecule has 0 spiro atoms. The molecule has 70 valence electrons. The van der Waals surface area contributed by atoms with E-state index in [-0.39, 0.29) is 0 Å². The van der Waals surface area contributed by atoms with Crippen LogP contribution >= 0.6 is 15.9 Å². The molecule has 1 aromatic carbocycles. The Hall–Kier alpha value is -0.300. The smallest absolute Gasteiger partial charge is 0.00911 e. The summed E-state index contributed by atoms with van der Waals surface area (Å²) in [6, 6.07) is 10.8. The molecule has 0 saturated heterocycles. The first-order valence-electron chi connectivity index (χ1n) is 4.95. The van der Waals surface area contributed by atoms with E-state index in [9.17, 15) is 0 Å². The fraction of sp³-hybridized carbons (Fsp3) is 0.500. The molecule has 1 heteroatoms. The van der Waals surface area contributed by atoms with Gasteiger partial charge in [0.2, 0.25) is 0 Å². The summed E-state index contributed by atoms with van der Waals surface area (Å²) in [5.41, 5.74) is 2.07. The Morgan fingerprint density at radius 2 is 1.85 bits per heavy atom. The van der Waals surface area contributed by atoms with Gasteiger partial charge in [0.05, 0.1) is 0 Å². The molecule has 0 aliphatic heterocycles. The summed E-state index contributed by atoms with van der Waals surface area (Å²) in [7, 11) is 0. The summed E-state index contributed by atoms with van der Waals surface area (Å²) in [5, 5.41) is 1.16. The van der Waals surface area contributed by atoms with Crippen LogP contribution in [-0.2, 0) is 6.42 Å². The van der Waals surface area contributed by atoms with Gasteiger partial charge in [-0.25, -0.2) is 0 Å². The Balaban J connectivity index is 2.05. The fourth-order valence-electron chi connectivity index (χ4n) is 2.06. The third-order valence-corrected chi connectivity index (χ3v) is 4.31. The molecule has 0 N–H and O–H groups in total. The number of halogens is 1. The Morgan fingerprint density at radius 1 is 1.15 bits per heavy atom. The topological polar surface area (TPSA) is 0 Å². The maximum atomic E-state index is 3.64. The Kier molecular flexibility index (Phi) is 2.73. The Bertz CT molecular complexity index is 256. The second-order valence-electron chi connectivity index (χ2n) is 4.15. The molecule has 1 aliphatic rings. The molecule has 0 atom stereocenters. The van der Waals surface area contributed by atoms with Gasteiger partial charge < -0.3 is 0 Å². The maximum absolute atomic E-state index is 3.64. The highest BCUT2D eigenvalue weighted by Gasteiger charge is 2.35. The van der Waals surface area contributed by atoms with Gasteiger partial charge in [0.15, 0.2) is 0 Å². The molecule has 0 nitrogen and oxygen atoms in total. The predicted molar refractivity (Wildman–Crippen MR) is 60.2 cm³/mol. The van der Waals surface area contributed by atoms with Gasteiger partial charge in [-0.05, 0) is 30.2 Å². The monoisotopic (exact) mass is 238 g/mol. The van der Waals surface area contributed by atoms with Crippen LogP contribution in [0.25, 0.3) is 0 Å². The van der Waals surface area contributed by atoms with Gasteiger partial charge in [-0.2, -0.15) is 0 Å². The van der Waals surface area contributed by atoms with Crippen molar-refractivity contribution in [1.82, 2.24) is 0 Å². The highest BCUT2D eigenvalue weighted by molar-refractivity contribution is 9.09. The van der Waals surface area contributed by atoms with E-state index in [2.05, 4.69) is 46.3 Å². The summed E-state index contributed by atoms with van der Waals surface area (Å²) in [4.78, 5) is 0. The summed E-state index contributed by atoms with van der Waals surface area (Å²) in [6.45, 7) is 0. The van der Waals surface area contributed by atoms with Crippen molar-refractivity contribution < 1.29 is 0 Å². The third-order valence-electron chi connectivity index (χ3n) is 3.12. The van der Waals surface area contributed by atoms with E-state index in [1.165, 1.54) is 31.2 Å². The lowest BCUT2D eigenvalue weighted by molar-refractivity contribution is 0.170. The number of rotatable bonds is 3. The van der Waals surface area contributed by atoms with E-state index in [4.69, 9.17) is 0 Å². The molecule has 0 radical (unpaired) electrons. The molecule has 0 bridgehead atoms. The zero-order chi connectivity index (χ0) is 9.15. The molecule has 0 aromatic heterocycles. The van der Waals surface area contributed by atoms with Crippen LogP contribution in [0.15, 0.2) is 30.3 Å². The number of hydrogen-bond donors (Lipinski definition) is 0. The summed E-state index contributed by atoms with van der Waals surface area (Å²) < 4.78 is 0. The molecule has 1 aromatic rings. The van der Waals surface area contributed by atoms with E-state index in [0.717, 1.165) is 5.33 Å². The van der Waals surface area contributed by atoms with Crippen molar-refractivity contribution in [2.45, 2.75) is 25.7 Å². The Labute approximate surface area is 88.5 Å². The number of benzene rings is 1. The average molecular weight is 239 g/mol. The van der Waals surface area contributed by atoms with Gasteiger partial charge in [-0.15, -0.1) is 0 Å². The van der Waals surface area contributed by atoms with Crippen molar-refractivity contribution in [1.29, 1.82) is 0 Å². The largest absolute Gasteiger partial charge is 0.0922 e. The summed E-state index contributed by atoms with van der Waals surface area (Å²) in [5.74, 6) is 0. The lowest BCUT2D eigenvalue weighted by atomic mass is 9.67. The first-order chi connectivity index (χ1) is 6.35. The standard InChI is InChI=1S/C12H15Br/c13-10-12(7-4-8-12)9-11-5-2-1-3-6-11/h1-3,5-6H,4,7-10H2. The van der Waals surface area contributed by atoms with Crippen LogP contribution in [0.2, 0.25) is 0 Å². The van der Waals surface area contributed by atoms with Gasteiger partial charge in [-0.3, -0.25) is 0 Å². The minimum absolute atomic E-state index is 0.585. The lowest BCUT2D eigenvalue weighted by Crippen LogP contribution is -2.33. The molecule has 1 fully saturated rings. The van der Waals surface area contributed by atoms with Crippen LogP contribution in [-0.4, -0.2) is 5.33 Å². The highest BCUT2D eigenvalue weighted by Crippen LogP contribution is 2.44. The van der Waals surface area contributed by atoms with Crippen molar-refractivity contribution in [3.05, 3.63) is 35.9 Å². The van der Waals surface area contributed by atoms with Crippen LogP contribution in [0.5, 0.6) is 0 Å². The zero-order valence-electron chi connectivity index (χ0n) is 7.80. The van der Waals surface area contributed by atoms with Crippen LogP contribution in [0.1, 0.15) is 24.8 Å². The normalized spacial score (nSPS) is 19.5. The molecule has 0 unspecified atom stereocenters. The molecular formula is C12H15Br. The zero-order valence-corrected chi connectivity index (χ0v) is 9.39. The van der Waals surface area contributed by atoms with Gasteiger partial charge in [0, 0.05) is 5.33 Å². The van der Waals surface area contributed by atoms with E-state index < -0.39 is 0 Å². The third kappa shape index (κ3) is 1.96. The van der Waals surface area contributed by atoms with Gasteiger partial charge in [0.1, 0.15) is 0 Å². The van der Waals surface area contributed by atoms with Gasteiger partial charge in [0.25, 0.3) is 0 Å². The summed E-state index contributed by atoms with van der Waals surface area (Å²) in [6.07, 6.45) is 5.46. The minimum atomic E-state index is 0.585. The van der Waals surface area contributed by atoms with Crippen molar-refractivity contribution in [2.75, 3.05) is 5.33 Å². The van der Waals surface area contributed by atoms with Crippen molar-refractivity contribution in [3.63, 3.8) is 0 Å². The lowest BCUT2D eigenvalue weighted by Gasteiger charge is -2.40. The Morgan fingerprint density at radius 3 is 2.31 bits per heavy atom. The van der Waals surface area contributed by atoms with Crippen LogP contribution in [0.3, 0.4) is 0 Å². The van der Waals surface area contributed by atoms with Crippen LogP contribution in [0.4, 0.5) is 0 Å². The molecule has 0 heterocycles. The predicted octanol–water partition coefficient (Wildman–Crippen LogP) is 3.79. The first-order valence-corrected chi connectivity index (χ1v) is 6.07. The average Bonchev–Trinajstić information content (AvgIpc) is 2.13. The molecule has 13 heavy (non-hydrogen) atoms. The fourth-order valence-corrected chi connectivity index (χ4v) is 2.82. The van der Waals surface area contributed by atoms with E-state index >= 15 is 0 Å². The first kappa shape index (κ1) is 9.26. The van der Waals surface area contributed by atoms with E-state index in [0.29, 0.717) is 5.41 Å². The minimum Gasteiger partial charge on any atom is -0.0922 e. The van der Waals surface area contributed by atoms with Crippen molar-refractivity contribution >= 4 is 15.9 Å². The maximum Gasteiger partial charge on any atom is 0.00911 e. The summed E-state index contributed by atoms with van der Waals surface area (Å²) >= 11 is 3.64. The highest BCUT2D eigenvalue weighted by atomic mass is 79.9. The van der Waals surface area contributed by atoms with Crippen molar-refractivity contribution in [2.24, 2.45) is 5.41 Å². The van der Waals surface area contributed by atoms with E-state index in [1.807, 2.05) is 0 Å². The van der Waals surface area contributed by atoms with Crippen LogP contribution < -0.4 is 0 Å². The molecule has 1 saturated carbocycles. The molecule has 2 rings (SSSR count). The second-order valence-corrected chi connectivity index (χ2v) is 4.71. The van der Waals surface area contributed by atoms with Gasteiger partial charge in [-0.1, -0.05) is 52.7 Å². The van der Waals surface area contributed by atoms with Crippen molar-refractivity contribution in [3.8, 4) is 0 Å². The van der Waals surface area contributed by atoms with Gasteiger partial charge >= 0.3 is 0 Å². The molecule has 0 amide bonds. The van der Waals surface area contributed by atoms with Crippen LogP contribution in [0, 0.1) is 5.41 Å². The SMILES string of the molecule is BrCC1(Cc2ccccc2)CCC1. The molecule has 1 aliphatic carbocycles. The second kappa shape index (κ2) is 3.83.